The topological polar surface area (TPSA) is 56.4 Å². The minimum absolute atomic E-state index is 0.0262. The Labute approximate surface area is 213 Å². The van der Waals surface area contributed by atoms with E-state index in [0.29, 0.717) is 36.1 Å². The van der Waals surface area contributed by atoms with Crippen LogP contribution >= 0.6 is 11.6 Å². The van der Waals surface area contributed by atoms with Gasteiger partial charge >= 0.3 is 0 Å². The monoisotopic (exact) mass is 493 g/mol. The molecule has 1 aliphatic heterocycles. The van der Waals surface area contributed by atoms with Gasteiger partial charge in [-0.2, -0.15) is 0 Å². The number of anilines is 1. The summed E-state index contributed by atoms with van der Waals surface area (Å²) in [6.45, 7) is 7.99. The Bertz CT molecular complexity index is 1200. The number of aryl methyl sites for hydroxylation is 1. The highest BCUT2D eigenvalue weighted by Gasteiger charge is 2.25. The first kappa shape index (κ1) is 25.3. The van der Waals surface area contributed by atoms with E-state index < -0.39 is 0 Å². The van der Waals surface area contributed by atoms with Crippen LogP contribution in [0, 0.1) is 12.8 Å². The molecule has 0 fully saturated rings. The zero-order valence-electron chi connectivity index (χ0n) is 21.1. The minimum Gasteiger partial charge on any atom is -0.349 e. The van der Waals surface area contributed by atoms with Gasteiger partial charge in [-0.05, 0) is 48.9 Å². The van der Waals surface area contributed by atoms with E-state index in [9.17, 15) is 9.59 Å². The van der Waals surface area contributed by atoms with Gasteiger partial charge in [0.25, 0.3) is 5.91 Å². The summed E-state index contributed by atoms with van der Waals surface area (Å²) in [6.07, 6.45) is 5.74. The smallest absolute Gasteiger partial charge is 0.270 e. The van der Waals surface area contributed by atoms with E-state index in [1.165, 1.54) is 0 Å². The molecule has 35 heavy (non-hydrogen) atoms. The zero-order valence-corrected chi connectivity index (χ0v) is 21.8. The fraction of sp³-hybridized carbons (Fsp3) is 0.448. The van der Waals surface area contributed by atoms with Crippen LogP contribution in [0.3, 0.4) is 0 Å². The summed E-state index contributed by atoms with van der Waals surface area (Å²) in [5.41, 5.74) is 4.24. The van der Waals surface area contributed by atoms with Crippen LogP contribution in [0.4, 0.5) is 5.69 Å². The number of rotatable bonds is 3. The summed E-state index contributed by atoms with van der Waals surface area (Å²) in [6, 6.07) is 13.8. The Hall–Kier alpha value is -2.79. The quantitative estimate of drug-likeness (QED) is 0.422. The summed E-state index contributed by atoms with van der Waals surface area (Å²) in [5, 5.41) is 1.59. The maximum Gasteiger partial charge on any atom is 0.270 e. The molecular formula is C29H36ClN3O2. The Morgan fingerprint density at radius 3 is 2.43 bits per heavy atom. The maximum absolute atomic E-state index is 13.9. The van der Waals surface area contributed by atoms with Crippen molar-refractivity contribution in [3.63, 3.8) is 0 Å². The highest BCUT2D eigenvalue weighted by atomic mass is 35.5. The molecule has 0 bridgehead atoms. The summed E-state index contributed by atoms with van der Waals surface area (Å²) in [5.74, 6) is 0.427. The van der Waals surface area contributed by atoms with E-state index in [2.05, 4.69) is 18.8 Å². The highest BCUT2D eigenvalue weighted by Crippen LogP contribution is 2.30. The van der Waals surface area contributed by atoms with Crippen LogP contribution in [0.2, 0.25) is 5.02 Å². The van der Waals surface area contributed by atoms with E-state index in [4.69, 9.17) is 11.6 Å². The van der Waals surface area contributed by atoms with Gasteiger partial charge in [-0.3, -0.25) is 9.59 Å². The van der Waals surface area contributed by atoms with Crippen LogP contribution in [0.15, 0.2) is 42.5 Å². The molecule has 2 aromatic carbocycles. The lowest BCUT2D eigenvalue weighted by Gasteiger charge is -2.30. The summed E-state index contributed by atoms with van der Waals surface area (Å²) in [4.78, 5) is 34.3. The first-order valence-corrected chi connectivity index (χ1v) is 13.2. The standard InChI is InChI=1S/C29H36ClN3O2/c1-20(2)18-26(34)33-17-10-6-4-5-9-16-32(19-22-12-7-8-15-25(22)33)29(35)27-21(3)23-13-11-14-24(30)28(23)31-27/h7-8,11-15,20,31H,4-6,9-10,16-19H2,1-3H3. The third-order valence-corrected chi connectivity index (χ3v) is 7.20. The van der Waals surface area contributed by atoms with Crippen molar-refractivity contribution in [2.24, 2.45) is 5.92 Å². The maximum atomic E-state index is 13.9. The van der Waals surface area contributed by atoms with Crippen molar-refractivity contribution in [1.82, 2.24) is 9.88 Å². The van der Waals surface area contributed by atoms with Crippen molar-refractivity contribution < 1.29 is 9.59 Å². The molecular weight excluding hydrogens is 458 g/mol. The largest absolute Gasteiger partial charge is 0.349 e. The number of nitrogens with zero attached hydrogens (tertiary/aromatic N) is 2. The summed E-state index contributed by atoms with van der Waals surface area (Å²) < 4.78 is 0. The van der Waals surface area contributed by atoms with Crippen LogP contribution in [0.5, 0.6) is 0 Å². The van der Waals surface area contributed by atoms with Crippen LogP contribution in [0.25, 0.3) is 10.9 Å². The van der Waals surface area contributed by atoms with Crippen molar-refractivity contribution in [3.8, 4) is 0 Å². The lowest BCUT2D eigenvalue weighted by Crippen LogP contribution is -2.36. The number of carbonyl (C=O) groups is 2. The number of hydrogen-bond acceptors (Lipinski definition) is 2. The van der Waals surface area contributed by atoms with Crippen molar-refractivity contribution in [2.45, 2.75) is 65.8 Å². The van der Waals surface area contributed by atoms with Crippen molar-refractivity contribution in [2.75, 3.05) is 18.0 Å². The number of carbonyl (C=O) groups excluding carboxylic acids is 2. The van der Waals surface area contributed by atoms with E-state index in [1.54, 1.807) is 0 Å². The number of nitrogens with one attached hydrogen (secondary N) is 1. The molecule has 2 amide bonds. The van der Waals surface area contributed by atoms with Gasteiger partial charge in [0, 0.05) is 37.1 Å². The van der Waals surface area contributed by atoms with Crippen molar-refractivity contribution in [3.05, 3.63) is 64.3 Å². The zero-order chi connectivity index (χ0) is 24.9. The molecule has 6 heteroatoms. The number of para-hydroxylation sites is 2. The molecule has 1 aromatic heterocycles. The van der Waals surface area contributed by atoms with E-state index in [0.717, 1.165) is 66.4 Å². The van der Waals surface area contributed by atoms with Gasteiger partial charge in [0.15, 0.2) is 0 Å². The average Bonchev–Trinajstić information content (AvgIpc) is 3.16. The molecule has 1 aliphatic rings. The predicted molar refractivity (Wildman–Crippen MR) is 144 cm³/mol. The molecule has 0 saturated carbocycles. The van der Waals surface area contributed by atoms with Gasteiger partial charge in [0.2, 0.25) is 5.91 Å². The molecule has 0 radical (unpaired) electrons. The van der Waals surface area contributed by atoms with E-state index >= 15 is 0 Å². The number of amides is 2. The predicted octanol–water partition coefficient (Wildman–Crippen LogP) is 7.12. The number of aromatic nitrogens is 1. The molecule has 2 heterocycles. The summed E-state index contributed by atoms with van der Waals surface area (Å²) in [7, 11) is 0. The fourth-order valence-electron chi connectivity index (χ4n) is 5.00. The Balaban J connectivity index is 1.70. The van der Waals surface area contributed by atoms with Crippen molar-refractivity contribution >= 4 is 40.0 Å². The second-order valence-corrected chi connectivity index (χ2v) is 10.5. The molecule has 0 aliphatic carbocycles. The number of H-pyrrole nitrogens is 1. The number of hydrogen-bond donors (Lipinski definition) is 1. The second kappa shape index (κ2) is 11.3. The van der Waals surface area contributed by atoms with Crippen LogP contribution in [-0.4, -0.2) is 34.8 Å². The van der Waals surface area contributed by atoms with E-state index in [-0.39, 0.29) is 11.8 Å². The normalized spacial score (nSPS) is 15.6. The highest BCUT2D eigenvalue weighted by molar-refractivity contribution is 6.35. The molecule has 3 aromatic rings. The van der Waals surface area contributed by atoms with Gasteiger partial charge in [-0.1, -0.05) is 75.0 Å². The Kier molecular flexibility index (Phi) is 8.17. The van der Waals surface area contributed by atoms with E-state index in [1.807, 2.05) is 59.2 Å². The van der Waals surface area contributed by atoms with Crippen LogP contribution in [0.1, 0.15) is 74.0 Å². The average molecular weight is 494 g/mol. The number of benzene rings is 2. The number of fused-ring (bicyclic) bond motifs is 2. The molecule has 0 unspecified atom stereocenters. The second-order valence-electron chi connectivity index (χ2n) is 10.1. The Morgan fingerprint density at radius 2 is 1.69 bits per heavy atom. The first-order valence-electron chi connectivity index (χ1n) is 12.8. The van der Waals surface area contributed by atoms with Gasteiger partial charge in [0.1, 0.15) is 5.69 Å². The minimum atomic E-state index is -0.0262. The van der Waals surface area contributed by atoms with Gasteiger partial charge in [-0.15, -0.1) is 0 Å². The third-order valence-electron chi connectivity index (χ3n) is 6.88. The van der Waals surface area contributed by atoms with Gasteiger partial charge < -0.3 is 14.8 Å². The molecule has 186 valence electrons. The molecule has 0 atom stereocenters. The first-order chi connectivity index (χ1) is 16.9. The molecule has 4 rings (SSSR count). The molecule has 5 nitrogen and oxygen atoms in total. The van der Waals surface area contributed by atoms with Crippen molar-refractivity contribution in [1.29, 1.82) is 0 Å². The number of aromatic amines is 1. The van der Waals surface area contributed by atoms with Crippen LogP contribution < -0.4 is 4.90 Å². The molecule has 0 saturated heterocycles. The SMILES string of the molecule is Cc1c(C(=O)N2CCCCCCCN(C(=O)CC(C)C)c3ccccc3C2)[nH]c2c(Cl)cccc12. The fourth-order valence-corrected chi connectivity index (χ4v) is 5.22. The third kappa shape index (κ3) is 5.72. The Morgan fingerprint density at radius 1 is 0.971 bits per heavy atom. The number of halogens is 1. The van der Waals surface area contributed by atoms with Crippen LogP contribution in [-0.2, 0) is 11.3 Å². The molecule has 1 N–H and O–H groups in total. The van der Waals surface area contributed by atoms with Gasteiger partial charge in [0.05, 0.1) is 10.5 Å². The lowest BCUT2D eigenvalue weighted by molar-refractivity contribution is -0.119. The summed E-state index contributed by atoms with van der Waals surface area (Å²) >= 11 is 6.41. The van der Waals surface area contributed by atoms with Gasteiger partial charge in [-0.25, -0.2) is 0 Å². The molecule has 0 spiro atoms. The lowest BCUT2D eigenvalue weighted by atomic mass is 10.0.